The van der Waals surface area contributed by atoms with Crippen molar-refractivity contribution in [2.24, 2.45) is 0 Å². The van der Waals surface area contributed by atoms with Crippen molar-refractivity contribution in [1.82, 2.24) is 19.3 Å². The van der Waals surface area contributed by atoms with Gasteiger partial charge in [0.05, 0.1) is 11.1 Å². The predicted molar refractivity (Wildman–Crippen MR) is 75.1 cm³/mol. The summed E-state index contributed by atoms with van der Waals surface area (Å²) in [7, 11) is 6.21. The van der Waals surface area contributed by atoms with Gasteiger partial charge in [0.1, 0.15) is 23.0 Å². The molecule has 18 heavy (non-hydrogen) atoms. The first-order valence-electron chi connectivity index (χ1n) is 5.40. The molecule has 92 valence electrons. The quantitative estimate of drug-likeness (QED) is 0.663. The molecule has 0 bridgehead atoms. The maximum atomic E-state index is 12.0. The molecule has 0 aromatic carbocycles. The molecule has 0 amide bonds. The summed E-state index contributed by atoms with van der Waals surface area (Å²) in [6.07, 6.45) is 3.21. The number of aromatic nitrogens is 4. The zero-order valence-corrected chi connectivity index (χ0v) is 11.2. The largest absolute Gasteiger partial charge is 0.377 e. The second-order valence-corrected chi connectivity index (χ2v) is 4.81. The third kappa shape index (κ3) is 1.42. The molecule has 3 rings (SSSR count). The third-order valence-electron chi connectivity index (χ3n) is 2.89. The highest BCUT2D eigenvalue weighted by atomic mass is 31.0. The number of aromatic amines is 1. The molecular weight excluding hydrogens is 249 g/mol. The van der Waals surface area contributed by atoms with E-state index in [0.717, 1.165) is 11.1 Å². The van der Waals surface area contributed by atoms with Gasteiger partial charge >= 0.3 is 0 Å². The molecule has 1 atom stereocenters. The standard InChI is InChI=1S/C11H12N5OP/c1-15(2)6-3-4-12-10-7(6)8-9(14-10)11(17)16(18)5-13-8/h3-5H,18H2,1-2H3,(H,12,14). The Balaban J connectivity index is 2.57. The molecule has 0 saturated carbocycles. The van der Waals surface area contributed by atoms with Gasteiger partial charge in [-0.25, -0.2) is 9.97 Å². The molecule has 0 aliphatic carbocycles. The number of hydrogen-bond acceptors (Lipinski definition) is 4. The third-order valence-corrected chi connectivity index (χ3v) is 3.26. The average Bonchev–Trinajstić information content (AvgIpc) is 2.73. The van der Waals surface area contributed by atoms with E-state index in [2.05, 4.69) is 24.3 Å². The Morgan fingerprint density at radius 1 is 1.39 bits per heavy atom. The fourth-order valence-corrected chi connectivity index (χ4v) is 2.24. The first kappa shape index (κ1) is 11.2. The number of fused-ring (bicyclic) bond motifs is 3. The van der Waals surface area contributed by atoms with Crippen LogP contribution in [0.15, 0.2) is 23.4 Å². The number of rotatable bonds is 1. The van der Waals surface area contributed by atoms with Crippen LogP contribution in [0.4, 0.5) is 5.69 Å². The Morgan fingerprint density at radius 2 is 2.17 bits per heavy atom. The molecule has 3 aromatic heterocycles. The van der Waals surface area contributed by atoms with Crippen molar-refractivity contribution in [3.05, 3.63) is 28.9 Å². The number of nitrogens with one attached hydrogen (secondary N) is 1. The van der Waals surface area contributed by atoms with Gasteiger partial charge in [-0.3, -0.25) is 9.13 Å². The SMILES string of the molecule is CN(C)c1ccnc2[nH]c3c(=O)n(P)cnc3c12. The molecule has 3 heterocycles. The van der Waals surface area contributed by atoms with Gasteiger partial charge < -0.3 is 9.88 Å². The van der Waals surface area contributed by atoms with Crippen LogP contribution < -0.4 is 10.5 Å². The van der Waals surface area contributed by atoms with Gasteiger partial charge in [0, 0.05) is 20.3 Å². The Hall–Kier alpha value is -1.94. The van der Waals surface area contributed by atoms with E-state index in [1.165, 1.54) is 10.7 Å². The number of anilines is 1. The maximum Gasteiger partial charge on any atom is 0.280 e. The Labute approximate surface area is 105 Å². The molecule has 0 aliphatic heterocycles. The predicted octanol–water partition coefficient (Wildman–Crippen LogP) is 0.977. The fourth-order valence-electron chi connectivity index (χ4n) is 2.04. The molecule has 3 aromatic rings. The van der Waals surface area contributed by atoms with Crippen molar-refractivity contribution in [3.63, 3.8) is 0 Å². The molecule has 0 aliphatic rings. The molecule has 6 nitrogen and oxygen atoms in total. The Kier molecular flexibility index (Phi) is 2.35. The van der Waals surface area contributed by atoms with Gasteiger partial charge in [0.2, 0.25) is 0 Å². The topological polar surface area (TPSA) is 66.8 Å². The molecular formula is C11H12N5OP. The van der Waals surface area contributed by atoms with Crippen LogP contribution in [0.25, 0.3) is 22.1 Å². The minimum Gasteiger partial charge on any atom is -0.377 e. The van der Waals surface area contributed by atoms with E-state index >= 15 is 0 Å². The number of pyridine rings is 1. The minimum absolute atomic E-state index is 0.132. The summed E-state index contributed by atoms with van der Waals surface area (Å²) in [5.41, 5.74) is 2.67. The Morgan fingerprint density at radius 3 is 2.89 bits per heavy atom. The summed E-state index contributed by atoms with van der Waals surface area (Å²) >= 11 is 0. The van der Waals surface area contributed by atoms with E-state index in [-0.39, 0.29) is 5.56 Å². The molecule has 1 unspecified atom stereocenters. The summed E-state index contributed by atoms with van der Waals surface area (Å²) in [6, 6.07) is 1.91. The Bertz CT molecular complexity index is 804. The van der Waals surface area contributed by atoms with Crippen LogP contribution >= 0.6 is 9.39 Å². The van der Waals surface area contributed by atoms with E-state index in [1.54, 1.807) is 6.20 Å². The lowest BCUT2D eigenvalue weighted by Gasteiger charge is -2.12. The molecule has 0 fully saturated rings. The van der Waals surface area contributed by atoms with Crippen LogP contribution in [-0.4, -0.2) is 33.4 Å². The van der Waals surface area contributed by atoms with Crippen molar-refractivity contribution in [2.45, 2.75) is 0 Å². The number of H-pyrrole nitrogens is 1. The van der Waals surface area contributed by atoms with Crippen LogP contribution in [0.3, 0.4) is 0 Å². The second kappa shape index (κ2) is 3.78. The lowest BCUT2D eigenvalue weighted by molar-refractivity contribution is 1.09. The van der Waals surface area contributed by atoms with E-state index < -0.39 is 0 Å². The molecule has 0 saturated heterocycles. The van der Waals surface area contributed by atoms with Gasteiger partial charge in [-0.05, 0) is 15.5 Å². The van der Waals surface area contributed by atoms with Crippen LogP contribution in [0.2, 0.25) is 0 Å². The first-order chi connectivity index (χ1) is 8.59. The van der Waals surface area contributed by atoms with Crippen LogP contribution in [0.5, 0.6) is 0 Å². The second-order valence-electron chi connectivity index (χ2n) is 4.25. The smallest absolute Gasteiger partial charge is 0.280 e. The van der Waals surface area contributed by atoms with Gasteiger partial charge in [0.25, 0.3) is 5.56 Å². The summed E-state index contributed by atoms with van der Waals surface area (Å²) < 4.78 is 1.37. The highest BCUT2D eigenvalue weighted by Gasteiger charge is 2.14. The zero-order chi connectivity index (χ0) is 12.9. The molecule has 0 radical (unpaired) electrons. The van der Waals surface area contributed by atoms with E-state index in [4.69, 9.17) is 0 Å². The number of hydrogen-bond donors (Lipinski definition) is 1. The van der Waals surface area contributed by atoms with Crippen LogP contribution in [-0.2, 0) is 0 Å². The highest BCUT2D eigenvalue weighted by Crippen LogP contribution is 2.28. The highest BCUT2D eigenvalue weighted by molar-refractivity contribution is 7.14. The fraction of sp³-hybridized carbons (Fsp3) is 0.182. The van der Waals surface area contributed by atoms with Crippen LogP contribution in [0.1, 0.15) is 0 Å². The van der Waals surface area contributed by atoms with Gasteiger partial charge in [-0.2, -0.15) is 0 Å². The lowest BCUT2D eigenvalue weighted by atomic mass is 10.2. The van der Waals surface area contributed by atoms with Crippen molar-refractivity contribution in [1.29, 1.82) is 0 Å². The maximum absolute atomic E-state index is 12.0. The monoisotopic (exact) mass is 261 g/mol. The van der Waals surface area contributed by atoms with Crippen LogP contribution in [0, 0.1) is 0 Å². The van der Waals surface area contributed by atoms with Gasteiger partial charge in [-0.1, -0.05) is 0 Å². The lowest BCUT2D eigenvalue weighted by Crippen LogP contribution is -2.12. The summed E-state index contributed by atoms with van der Waals surface area (Å²) in [6.45, 7) is 0. The minimum atomic E-state index is -0.132. The van der Waals surface area contributed by atoms with Crippen molar-refractivity contribution in [3.8, 4) is 0 Å². The van der Waals surface area contributed by atoms with Crippen molar-refractivity contribution in [2.75, 3.05) is 19.0 Å². The van der Waals surface area contributed by atoms with Gasteiger partial charge in [0.15, 0.2) is 0 Å². The van der Waals surface area contributed by atoms with Crippen molar-refractivity contribution < 1.29 is 0 Å². The molecule has 7 heteroatoms. The summed E-state index contributed by atoms with van der Waals surface area (Å²) in [5.74, 6) is 0. The zero-order valence-electron chi connectivity index (χ0n) is 10.0. The van der Waals surface area contributed by atoms with Gasteiger partial charge in [-0.15, -0.1) is 0 Å². The summed E-state index contributed by atoms with van der Waals surface area (Å²) in [5, 5.41) is 0.875. The van der Waals surface area contributed by atoms with E-state index in [1.807, 2.05) is 25.1 Å². The number of nitrogens with zero attached hydrogens (tertiary/aromatic N) is 4. The molecule has 0 spiro atoms. The van der Waals surface area contributed by atoms with E-state index in [0.29, 0.717) is 16.7 Å². The van der Waals surface area contributed by atoms with Crippen molar-refractivity contribution >= 4 is 37.1 Å². The summed E-state index contributed by atoms with van der Waals surface area (Å²) in [4.78, 5) is 25.6. The first-order valence-corrected chi connectivity index (χ1v) is 5.91. The average molecular weight is 261 g/mol. The van der Waals surface area contributed by atoms with E-state index in [9.17, 15) is 4.79 Å². The normalized spacial score (nSPS) is 11.3. The molecule has 1 N–H and O–H groups in total.